The molecule has 0 aromatic heterocycles. The molecule has 156 valence electrons. The number of hydrogen-bond donors (Lipinski definition) is 1. The summed E-state index contributed by atoms with van der Waals surface area (Å²) in [5.41, 5.74) is 4.09. The monoisotopic (exact) mass is 406 g/mol. The second-order valence-electron chi connectivity index (χ2n) is 8.32. The van der Waals surface area contributed by atoms with Crippen molar-refractivity contribution >= 4 is 29.5 Å². The zero-order valence-corrected chi connectivity index (χ0v) is 17.0. The van der Waals surface area contributed by atoms with Crippen LogP contribution in [0.25, 0.3) is 5.57 Å². The lowest BCUT2D eigenvalue weighted by Gasteiger charge is -2.27. The van der Waals surface area contributed by atoms with Gasteiger partial charge in [-0.3, -0.25) is 9.79 Å². The standard InChI is InChI=1S/C23H26N4O3/c28-22-20(12-18-10-17(13-24-18)14-26-6-2-1-3-7-26)19-11-16(4-5-21(19)25-22)15-27-8-9-30-23(27)29/h4-5,10-13,17H,1-3,6-9,14-15H2,(H,25,28). The number of piperidine rings is 1. The first-order valence-electron chi connectivity index (χ1n) is 10.7. The van der Waals surface area contributed by atoms with Gasteiger partial charge in [-0.05, 0) is 55.8 Å². The van der Waals surface area contributed by atoms with Gasteiger partial charge in [0.1, 0.15) is 6.61 Å². The molecule has 7 nitrogen and oxygen atoms in total. The summed E-state index contributed by atoms with van der Waals surface area (Å²) in [6.45, 7) is 4.83. The first-order chi connectivity index (χ1) is 14.7. The third-order valence-electron chi connectivity index (χ3n) is 6.10. The van der Waals surface area contributed by atoms with Crippen LogP contribution in [-0.2, 0) is 16.1 Å². The number of allylic oxidation sites excluding steroid dienone is 1. The molecule has 0 saturated carbocycles. The number of benzene rings is 1. The van der Waals surface area contributed by atoms with Crippen molar-refractivity contribution in [3.05, 3.63) is 47.2 Å². The summed E-state index contributed by atoms with van der Waals surface area (Å²) in [6.07, 6.45) is 9.62. The van der Waals surface area contributed by atoms with Crippen molar-refractivity contribution in [1.82, 2.24) is 9.80 Å². The largest absolute Gasteiger partial charge is 0.448 e. The van der Waals surface area contributed by atoms with Crippen LogP contribution in [0.1, 0.15) is 30.4 Å². The lowest BCUT2D eigenvalue weighted by Crippen LogP contribution is -2.33. The molecule has 1 N–H and O–H groups in total. The quantitative estimate of drug-likeness (QED) is 0.763. The van der Waals surface area contributed by atoms with Crippen LogP contribution >= 0.6 is 0 Å². The molecule has 0 aliphatic carbocycles. The van der Waals surface area contributed by atoms with Crippen LogP contribution in [0.2, 0.25) is 0 Å². The number of amides is 2. The number of carbonyl (C=O) groups excluding carboxylic acids is 2. The van der Waals surface area contributed by atoms with Gasteiger partial charge >= 0.3 is 6.09 Å². The van der Waals surface area contributed by atoms with Gasteiger partial charge < -0.3 is 19.9 Å². The average molecular weight is 406 g/mol. The Kier molecular flexibility index (Phi) is 5.12. The summed E-state index contributed by atoms with van der Waals surface area (Å²) in [6, 6.07) is 5.82. The van der Waals surface area contributed by atoms with Gasteiger partial charge in [-0.2, -0.15) is 0 Å². The minimum absolute atomic E-state index is 0.113. The number of carbonyl (C=O) groups is 2. The molecule has 4 heterocycles. The molecule has 2 fully saturated rings. The topological polar surface area (TPSA) is 74.2 Å². The maximum atomic E-state index is 12.6. The highest BCUT2D eigenvalue weighted by Gasteiger charge is 2.27. The number of cyclic esters (lactones) is 1. The Bertz CT molecular complexity index is 959. The number of nitrogens with zero attached hydrogens (tertiary/aromatic N) is 3. The van der Waals surface area contributed by atoms with Gasteiger partial charge in [-0.15, -0.1) is 0 Å². The zero-order chi connectivity index (χ0) is 20.5. The molecule has 2 amide bonds. The lowest BCUT2D eigenvalue weighted by atomic mass is 10.0. The zero-order valence-electron chi connectivity index (χ0n) is 17.0. The van der Waals surface area contributed by atoms with Crippen molar-refractivity contribution in [2.75, 3.05) is 38.1 Å². The predicted octanol–water partition coefficient (Wildman–Crippen LogP) is 3.04. The Labute approximate surface area is 176 Å². The SMILES string of the molecule is O=C1Nc2ccc(CN3CCOC3=O)cc2C1=CC1=CC(CN2CCCCC2)C=N1. The van der Waals surface area contributed by atoms with E-state index in [1.54, 1.807) is 4.90 Å². The summed E-state index contributed by atoms with van der Waals surface area (Å²) in [4.78, 5) is 33.0. The summed E-state index contributed by atoms with van der Waals surface area (Å²) in [5.74, 6) is 0.185. The number of aliphatic imine (C=N–C) groups is 1. The fourth-order valence-corrected chi connectivity index (χ4v) is 4.53. The fourth-order valence-electron chi connectivity index (χ4n) is 4.53. The predicted molar refractivity (Wildman–Crippen MR) is 115 cm³/mol. The highest BCUT2D eigenvalue weighted by Crippen LogP contribution is 2.34. The van der Waals surface area contributed by atoms with E-state index in [2.05, 4.69) is 21.3 Å². The summed E-state index contributed by atoms with van der Waals surface area (Å²) in [7, 11) is 0. The molecule has 4 aliphatic rings. The van der Waals surface area contributed by atoms with Crippen molar-refractivity contribution in [2.45, 2.75) is 25.8 Å². The van der Waals surface area contributed by atoms with E-state index in [4.69, 9.17) is 4.74 Å². The van der Waals surface area contributed by atoms with Crippen LogP contribution in [0, 0.1) is 5.92 Å². The van der Waals surface area contributed by atoms with E-state index in [1.165, 1.54) is 19.3 Å². The van der Waals surface area contributed by atoms with E-state index < -0.39 is 0 Å². The second kappa shape index (κ2) is 8.07. The molecule has 0 radical (unpaired) electrons. The van der Waals surface area contributed by atoms with Crippen LogP contribution < -0.4 is 5.32 Å². The number of likely N-dealkylation sites (tertiary alicyclic amines) is 1. The normalized spacial score (nSPS) is 24.9. The van der Waals surface area contributed by atoms with Gasteiger partial charge in [0, 0.05) is 36.5 Å². The molecule has 1 unspecified atom stereocenters. The van der Waals surface area contributed by atoms with Crippen LogP contribution in [0.15, 0.2) is 41.0 Å². The third-order valence-corrected chi connectivity index (χ3v) is 6.10. The second-order valence-corrected chi connectivity index (χ2v) is 8.32. The molecule has 7 heteroatoms. The molecule has 1 aromatic carbocycles. The number of ether oxygens (including phenoxy) is 1. The van der Waals surface area contributed by atoms with Crippen molar-refractivity contribution < 1.29 is 14.3 Å². The van der Waals surface area contributed by atoms with E-state index in [0.717, 1.165) is 42.1 Å². The van der Waals surface area contributed by atoms with E-state index >= 15 is 0 Å². The molecule has 2 saturated heterocycles. The number of nitrogens with one attached hydrogen (secondary N) is 1. The van der Waals surface area contributed by atoms with E-state index in [0.29, 0.717) is 31.2 Å². The maximum Gasteiger partial charge on any atom is 0.410 e. The molecule has 1 aromatic rings. The maximum absolute atomic E-state index is 12.6. The number of fused-ring (bicyclic) bond motifs is 1. The Hall–Kier alpha value is -2.93. The number of rotatable bonds is 5. The molecular weight excluding hydrogens is 380 g/mol. The smallest absolute Gasteiger partial charge is 0.410 e. The summed E-state index contributed by atoms with van der Waals surface area (Å²) < 4.78 is 5.00. The van der Waals surface area contributed by atoms with Gasteiger partial charge in [0.2, 0.25) is 0 Å². The first kappa shape index (κ1) is 19.1. The molecule has 5 rings (SSSR count). The van der Waals surface area contributed by atoms with Gasteiger partial charge in [-0.1, -0.05) is 12.5 Å². The van der Waals surface area contributed by atoms with Crippen molar-refractivity contribution in [3.8, 4) is 0 Å². The molecule has 4 aliphatic heterocycles. The van der Waals surface area contributed by atoms with Crippen LogP contribution in [-0.4, -0.2) is 60.8 Å². The van der Waals surface area contributed by atoms with Crippen molar-refractivity contribution in [2.24, 2.45) is 10.9 Å². The van der Waals surface area contributed by atoms with Crippen molar-refractivity contribution in [3.63, 3.8) is 0 Å². The van der Waals surface area contributed by atoms with Gasteiger partial charge in [0.15, 0.2) is 0 Å². The average Bonchev–Trinajstić information content (AvgIpc) is 3.44. The molecule has 0 spiro atoms. The first-order valence-corrected chi connectivity index (χ1v) is 10.7. The van der Waals surface area contributed by atoms with E-state index in [-0.39, 0.29) is 12.0 Å². The fraction of sp³-hybridized carbons (Fsp3) is 0.435. The van der Waals surface area contributed by atoms with Crippen LogP contribution in [0.3, 0.4) is 0 Å². The Morgan fingerprint density at radius 1 is 1.17 bits per heavy atom. The lowest BCUT2D eigenvalue weighted by molar-refractivity contribution is -0.110. The minimum atomic E-state index is -0.286. The van der Waals surface area contributed by atoms with Crippen molar-refractivity contribution in [1.29, 1.82) is 0 Å². The third kappa shape index (κ3) is 3.89. The molecule has 30 heavy (non-hydrogen) atoms. The number of anilines is 1. The molecular formula is C23H26N4O3. The highest BCUT2D eigenvalue weighted by molar-refractivity contribution is 6.32. The van der Waals surface area contributed by atoms with Gasteiger partial charge in [0.25, 0.3) is 5.91 Å². The molecule has 1 atom stereocenters. The van der Waals surface area contributed by atoms with Gasteiger partial charge in [0.05, 0.1) is 17.8 Å². The van der Waals surface area contributed by atoms with Crippen LogP contribution in [0.5, 0.6) is 0 Å². The van der Waals surface area contributed by atoms with E-state index in [9.17, 15) is 9.59 Å². The van der Waals surface area contributed by atoms with E-state index in [1.807, 2.05) is 30.5 Å². The minimum Gasteiger partial charge on any atom is -0.448 e. The van der Waals surface area contributed by atoms with Crippen LogP contribution in [0.4, 0.5) is 10.5 Å². The summed E-state index contributed by atoms with van der Waals surface area (Å²) >= 11 is 0. The summed E-state index contributed by atoms with van der Waals surface area (Å²) in [5, 5.41) is 2.93. The van der Waals surface area contributed by atoms with Gasteiger partial charge in [-0.25, -0.2) is 4.79 Å². The Morgan fingerprint density at radius 2 is 2.03 bits per heavy atom. The molecule has 0 bridgehead atoms. The number of hydrogen-bond acceptors (Lipinski definition) is 5. The Balaban J connectivity index is 1.33. The Morgan fingerprint density at radius 3 is 2.83 bits per heavy atom. The highest BCUT2D eigenvalue weighted by atomic mass is 16.6.